The minimum Gasteiger partial charge on any atom is -0.493 e. The maximum atomic E-state index is 12.5. The van der Waals surface area contributed by atoms with Crippen LogP contribution in [0.25, 0.3) is 16.8 Å². The lowest BCUT2D eigenvalue weighted by Crippen LogP contribution is -2.05. The summed E-state index contributed by atoms with van der Waals surface area (Å²) in [6, 6.07) is 22.3. The molecule has 0 radical (unpaired) electrons. The molecule has 36 heavy (non-hydrogen) atoms. The Morgan fingerprint density at radius 1 is 0.889 bits per heavy atom. The molecule has 8 heteroatoms. The first-order valence-corrected chi connectivity index (χ1v) is 12.0. The second-order valence-electron chi connectivity index (χ2n) is 7.97. The predicted octanol–water partition coefficient (Wildman–Crippen LogP) is 7.73. The highest BCUT2D eigenvalue weighted by Gasteiger charge is 2.25. The van der Waals surface area contributed by atoms with Crippen molar-refractivity contribution in [2.45, 2.75) is 6.61 Å². The minimum atomic E-state index is -0.548. The Bertz CT molecular complexity index is 1560. The Kier molecular flexibility index (Phi) is 6.88. The summed E-state index contributed by atoms with van der Waals surface area (Å²) in [7, 11) is 1.51. The highest BCUT2D eigenvalue weighted by Crippen LogP contribution is 2.38. The number of hydrogen-bond donors (Lipinski definition) is 0. The Balaban J connectivity index is 1.40. The molecule has 180 valence electrons. The van der Waals surface area contributed by atoms with E-state index in [-0.39, 0.29) is 18.2 Å². The van der Waals surface area contributed by atoms with Crippen molar-refractivity contribution in [1.82, 2.24) is 0 Å². The number of benzene rings is 4. The van der Waals surface area contributed by atoms with E-state index in [4.69, 9.17) is 49.0 Å². The van der Waals surface area contributed by atoms with E-state index >= 15 is 0 Å². The average molecular weight is 539 g/mol. The van der Waals surface area contributed by atoms with Gasteiger partial charge in [0.15, 0.2) is 17.2 Å². The van der Waals surface area contributed by atoms with E-state index in [1.165, 1.54) is 7.11 Å². The minimum absolute atomic E-state index is 0.153. The van der Waals surface area contributed by atoms with E-state index in [1.54, 1.807) is 30.3 Å². The van der Waals surface area contributed by atoms with Gasteiger partial charge in [0.2, 0.25) is 5.90 Å². The van der Waals surface area contributed by atoms with Crippen LogP contribution in [-0.2, 0) is 16.1 Å². The van der Waals surface area contributed by atoms with Crippen LogP contribution in [0, 0.1) is 0 Å². The molecule has 0 spiro atoms. The number of hydrogen-bond acceptors (Lipinski definition) is 5. The molecule has 0 fully saturated rings. The number of carbonyl (C=O) groups excluding carboxylic acids is 1. The number of rotatable bonds is 6. The van der Waals surface area contributed by atoms with Crippen molar-refractivity contribution in [2.75, 3.05) is 7.11 Å². The van der Waals surface area contributed by atoms with Gasteiger partial charge in [-0.3, -0.25) is 0 Å². The summed E-state index contributed by atoms with van der Waals surface area (Å²) in [5.41, 5.74) is 2.29. The van der Waals surface area contributed by atoms with Gasteiger partial charge >= 0.3 is 5.97 Å². The van der Waals surface area contributed by atoms with Crippen LogP contribution in [0.2, 0.25) is 15.1 Å². The molecule has 0 unspecified atom stereocenters. The maximum Gasteiger partial charge on any atom is 0.363 e. The molecule has 4 aromatic carbocycles. The van der Waals surface area contributed by atoms with Crippen LogP contribution in [0.15, 0.2) is 83.5 Å². The zero-order valence-corrected chi connectivity index (χ0v) is 21.2. The topological polar surface area (TPSA) is 57.1 Å². The summed E-state index contributed by atoms with van der Waals surface area (Å²) in [4.78, 5) is 16.9. The fraction of sp³-hybridized carbons (Fsp3) is 0.0714. The molecule has 5 nitrogen and oxygen atoms in total. The molecule has 1 heterocycles. The van der Waals surface area contributed by atoms with Crippen LogP contribution in [0.1, 0.15) is 16.7 Å². The second kappa shape index (κ2) is 10.2. The fourth-order valence-electron chi connectivity index (χ4n) is 3.76. The standard InChI is InChI=1S/C28H18Cl3NO4/c1-34-25-13-17(11-23(31)26(25)35-15-16-6-9-21(29)22(30)10-16)12-24-28(33)36-27(32-24)20-8-7-18-4-2-3-5-19(18)14-20/h2-14H,15H2,1H3/b24-12-. The van der Waals surface area contributed by atoms with Gasteiger partial charge in [-0.05, 0) is 64.4 Å². The van der Waals surface area contributed by atoms with Gasteiger partial charge in [0.1, 0.15) is 6.61 Å². The maximum absolute atomic E-state index is 12.5. The van der Waals surface area contributed by atoms with Crippen molar-refractivity contribution in [2.24, 2.45) is 4.99 Å². The van der Waals surface area contributed by atoms with Crippen LogP contribution in [-0.4, -0.2) is 19.0 Å². The van der Waals surface area contributed by atoms with Crippen molar-refractivity contribution in [1.29, 1.82) is 0 Å². The molecule has 0 amide bonds. The molecule has 0 aromatic heterocycles. The molecule has 0 aliphatic carbocycles. The molecule has 1 aliphatic rings. The number of ether oxygens (including phenoxy) is 3. The summed E-state index contributed by atoms with van der Waals surface area (Å²) >= 11 is 18.6. The van der Waals surface area contributed by atoms with Gasteiger partial charge in [-0.2, -0.15) is 0 Å². The molecule has 0 atom stereocenters. The van der Waals surface area contributed by atoms with Gasteiger partial charge in [-0.25, -0.2) is 9.79 Å². The van der Waals surface area contributed by atoms with Crippen molar-refractivity contribution in [3.05, 3.63) is 110 Å². The number of fused-ring (bicyclic) bond motifs is 1. The van der Waals surface area contributed by atoms with E-state index in [0.29, 0.717) is 37.7 Å². The van der Waals surface area contributed by atoms with E-state index < -0.39 is 5.97 Å². The monoisotopic (exact) mass is 537 g/mol. The summed E-state index contributed by atoms with van der Waals surface area (Å²) in [6.45, 7) is 0.207. The third-order valence-electron chi connectivity index (χ3n) is 5.54. The molecule has 0 N–H and O–H groups in total. The highest BCUT2D eigenvalue weighted by atomic mass is 35.5. The van der Waals surface area contributed by atoms with Gasteiger partial charge in [0.25, 0.3) is 0 Å². The largest absolute Gasteiger partial charge is 0.493 e. The van der Waals surface area contributed by atoms with Gasteiger partial charge < -0.3 is 14.2 Å². The van der Waals surface area contributed by atoms with Crippen molar-refractivity contribution in [3.8, 4) is 11.5 Å². The van der Waals surface area contributed by atoms with E-state index in [0.717, 1.165) is 16.3 Å². The summed E-state index contributed by atoms with van der Waals surface area (Å²) < 4.78 is 16.8. The van der Waals surface area contributed by atoms with Crippen molar-refractivity contribution in [3.63, 3.8) is 0 Å². The van der Waals surface area contributed by atoms with Gasteiger partial charge in [-0.1, -0.05) is 71.2 Å². The number of halogens is 3. The Morgan fingerprint density at radius 2 is 1.69 bits per heavy atom. The first-order valence-electron chi connectivity index (χ1n) is 10.9. The van der Waals surface area contributed by atoms with Crippen molar-refractivity contribution < 1.29 is 19.0 Å². The lowest BCUT2D eigenvalue weighted by Gasteiger charge is -2.14. The molecule has 4 aromatic rings. The van der Waals surface area contributed by atoms with Gasteiger partial charge in [0, 0.05) is 5.56 Å². The molecular weight excluding hydrogens is 521 g/mol. The Labute approximate surface area is 222 Å². The molecule has 0 bridgehead atoms. The fourth-order valence-corrected chi connectivity index (χ4v) is 4.36. The first-order chi connectivity index (χ1) is 17.4. The quantitative estimate of drug-likeness (QED) is 0.186. The number of methoxy groups -OCH3 is 1. The van der Waals surface area contributed by atoms with Crippen LogP contribution < -0.4 is 9.47 Å². The number of carbonyl (C=O) groups is 1. The van der Waals surface area contributed by atoms with Gasteiger partial charge in [0.05, 0.1) is 22.2 Å². The second-order valence-corrected chi connectivity index (χ2v) is 9.19. The Morgan fingerprint density at radius 3 is 2.47 bits per heavy atom. The molecule has 0 saturated carbocycles. The van der Waals surface area contributed by atoms with Crippen LogP contribution in [0.5, 0.6) is 11.5 Å². The van der Waals surface area contributed by atoms with E-state index in [2.05, 4.69) is 4.99 Å². The molecule has 0 saturated heterocycles. The Hall–Kier alpha value is -3.51. The SMILES string of the molecule is COc1cc(/C=C2\N=C(c3ccc4ccccc4c3)OC2=O)cc(Cl)c1OCc1ccc(Cl)c(Cl)c1. The number of esters is 1. The first kappa shape index (κ1) is 24.2. The smallest absolute Gasteiger partial charge is 0.363 e. The highest BCUT2D eigenvalue weighted by molar-refractivity contribution is 6.42. The van der Waals surface area contributed by atoms with Crippen LogP contribution in [0.3, 0.4) is 0 Å². The number of cyclic esters (lactones) is 1. The van der Waals surface area contributed by atoms with E-state index in [9.17, 15) is 4.79 Å². The van der Waals surface area contributed by atoms with Crippen molar-refractivity contribution >= 4 is 63.5 Å². The normalized spacial score (nSPS) is 14.2. The summed E-state index contributed by atoms with van der Waals surface area (Å²) in [5, 5.41) is 3.32. The number of aliphatic imine (C=N–C) groups is 1. The van der Waals surface area contributed by atoms with Gasteiger partial charge in [-0.15, -0.1) is 0 Å². The predicted molar refractivity (Wildman–Crippen MR) is 143 cm³/mol. The molecular formula is C28H18Cl3NO4. The summed E-state index contributed by atoms with van der Waals surface area (Å²) in [6.07, 6.45) is 1.59. The third kappa shape index (κ3) is 5.05. The summed E-state index contributed by atoms with van der Waals surface area (Å²) in [5.74, 6) is 0.464. The third-order valence-corrected chi connectivity index (χ3v) is 6.56. The lowest BCUT2D eigenvalue weighted by atomic mass is 10.1. The lowest BCUT2D eigenvalue weighted by molar-refractivity contribution is -0.129. The number of nitrogens with zero attached hydrogens (tertiary/aromatic N) is 1. The zero-order valence-electron chi connectivity index (χ0n) is 18.9. The molecule has 1 aliphatic heterocycles. The zero-order chi connectivity index (χ0) is 25.2. The average Bonchev–Trinajstić information content (AvgIpc) is 3.24. The van der Waals surface area contributed by atoms with E-state index in [1.807, 2.05) is 48.5 Å². The van der Waals surface area contributed by atoms with Crippen LogP contribution in [0.4, 0.5) is 0 Å². The molecule has 5 rings (SSSR count). The van der Waals surface area contributed by atoms with Crippen LogP contribution >= 0.6 is 34.8 Å².